The van der Waals surface area contributed by atoms with Gasteiger partial charge in [0, 0.05) is 16.8 Å². The zero-order valence-electron chi connectivity index (χ0n) is 22.3. The van der Waals surface area contributed by atoms with Gasteiger partial charge < -0.3 is 19.3 Å². The normalized spacial score (nSPS) is 43.1. The van der Waals surface area contributed by atoms with E-state index in [9.17, 15) is 9.90 Å². The number of rotatable bonds is 2. The maximum absolute atomic E-state index is 14.8. The van der Waals surface area contributed by atoms with Crippen molar-refractivity contribution in [3.63, 3.8) is 0 Å². The topological polar surface area (TPSA) is 77.9 Å². The van der Waals surface area contributed by atoms with Crippen LogP contribution in [0.3, 0.4) is 0 Å². The quantitative estimate of drug-likeness (QED) is 0.540. The molecule has 4 aliphatic carbocycles. The molecule has 1 spiro atoms. The van der Waals surface area contributed by atoms with Crippen molar-refractivity contribution in [2.45, 2.75) is 71.6 Å². The van der Waals surface area contributed by atoms with Crippen LogP contribution in [0.4, 0.5) is 0 Å². The summed E-state index contributed by atoms with van der Waals surface area (Å²) in [7, 11) is 0. The highest BCUT2D eigenvalue weighted by Crippen LogP contribution is 2.72. The standard InChI is InChI=1S/C30H35NO5S/c1-15-13-29-16(2)11-20-22(27(20,3)4)19(23(29)32)12-17-14-34-28(5,6)36-25(17)30(29,33)24(15)35-26-18-8-10-37-21(18)7-9-31-26/h7-10,12-13,16,19-20,22,24-25,33H,11,14H2,1-6H3/t16-,19+,20-,22+,24+,25-,29+,30-/m1/s1. The Bertz CT molecular complexity index is 1390. The lowest BCUT2D eigenvalue weighted by atomic mass is 9.59. The molecule has 0 aromatic carbocycles. The van der Waals surface area contributed by atoms with Gasteiger partial charge in [-0.05, 0) is 79.0 Å². The largest absolute Gasteiger partial charge is 0.466 e. The SMILES string of the molecule is CC1=C[C@]23C(=O)[C@@H](C=C4COC(C)(C)O[C@H]4[C@]2(O)[C@H]1Oc1nccc2sccc12)[C@H]1[C@@H](C[C@H]3C)C1(C)C. The van der Waals surface area contributed by atoms with E-state index in [2.05, 4.69) is 31.8 Å². The van der Waals surface area contributed by atoms with Crippen LogP contribution in [0, 0.1) is 34.5 Å². The van der Waals surface area contributed by atoms with E-state index in [0.29, 0.717) is 18.4 Å². The van der Waals surface area contributed by atoms with Gasteiger partial charge >= 0.3 is 0 Å². The number of ketones is 1. The van der Waals surface area contributed by atoms with Gasteiger partial charge in [0.05, 0.1) is 17.4 Å². The van der Waals surface area contributed by atoms with Crippen molar-refractivity contribution in [1.29, 1.82) is 0 Å². The fourth-order valence-electron chi connectivity index (χ4n) is 8.37. The van der Waals surface area contributed by atoms with Gasteiger partial charge in [0.25, 0.3) is 0 Å². The van der Waals surface area contributed by atoms with Crippen molar-refractivity contribution >= 4 is 27.2 Å². The number of fused-ring (bicyclic) bond motifs is 6. The van der Waals surface area contributed by atoms with Gasteiger partial charge in [-0.15, -0.1) is 11.3 Å². The molecule has 0 amide bonds. The molecule has 1 aliphatic heterocycles. The monoisotopic (exact) mass is 521 g/mol. The number of allylic oxidation sites excluding steroid dienone is 1. The molecule has 0 unspecified atom stereocenters. The van der Waals surface area contributed by atoms with Crippen LogP contribution >= 0.6 is 11.3 Å². The van der Waals surface area contributed by atoms with Crippen molar-refractivity contribution in [2.75, 3.05) is 6.61 Å². The second-order valence-corrected chi connectivity index (χ2v) is 13.9. The third kappa shape index (κ3) is 2.92. The third-order valence-corrected chi connectivity index (χ3v) is 11.1. The predicted molar refractivity (Wildman–Crippen MR) is 141 cm³/mol. The molecule has 5 aliphatic rings. The average molecular weight is 522 g/mol. The summed E-state index contributed by atoms with van der Waals surface area (Å²) < 4.78 is 20.4. The Labute approximate surface area is 221 Å². The molecule has 2 aromatic heterocycles. The minimum absolute atomic E-state index is 0.0833. The van der Waals surface area contributed by atoms with E-state index in [0.717, 1.165) is 27.7 Å². The van der Waals surface area contributed by atoms with Crippen LogP contribution in [0.1, 0.15) is 48.0 Å². The van der Waals surface area contributed by atoms with Crippen molar-refractivity contribution in [3.8, 4) is 5.88 Å². The zero-order chi connectivity index (χ0) is 26.1. The molecule has 0 radical (unpaired) electrons. The lowest BCUT2D eigenvalue weighted by Crippen LogP contribution is -2.68. The van der Waals surface area contributed by atoms with E-state index in [1.54, 1.807) is 17.5 Å². The molecule has 1 saturated heterocycles. The summed E-state index contributed by atoms with van der Waals surface area (Å²) in [5, 5.41) is 16.1. The van der Waals surface area contributed by atoms with Crippen molar-refractivity contribution in [3.05, 3.63) is 47.0 Å². The number of pyridine rings is 1. The van der Waals surface area contributed by atoms with Gasteiger partial charge in [0.2, 0.25) is 5.88 Å². The highest BCUT2D eigenvalue weighted by molar-refractivity contribution is 7.17. The number of hydrogen-bond acceptors (Lipinski definition) is 7. The first-order valence-corrected chi connectivity index (χ1v) is 14.3. The van der Waals surface area contributed by atoms with Gasteiger partial charge in [-0.25, -0.2) is 4.98 Å². The molecular weight excluding hydrogens is 486 g/mol. The Balaban J connectivity index is 1.44. The van der Waals surface area contributed by atoms with Gasteiger partial charge in [0.1, 0.15) is 6.10 Å². The minimum atomic E-state index is -1.64. The first kappa shape index (κ1) is 24.0. The number of nitrogens with zero attached hydrogens (tertiary/aromatic N) is 1. The van der Waals surface area contributed by atoms with Crippen molar-refractivity contribution in [2.24, 2.45) is 34.5 Å². The molecule has 6 nitrogen and oxygen atoms in total. The summed E-state index contributed by atoms with van der Waals surface area (Å²) in [6, 6.07) is 3.96. The van der Waals surface area contributed by atoms with Crippen LogP contribution in [-0.4, -0.2) is 46.1 Å². The fourth-order valence-corrected chi connectivity index (χ4v) is 9.15. The highest BCUT2D eigenvalue weighted by Gasteiger charge is 2.77. The first-order chi connectivity index (χ1) is 17.4. The predicted octanol–water partition coefficient (Wildman–Crippen LogP) is 5.31. The second kappa shape index (κ2) is 7.32. The van der Waals surface area contributed by atoms with Crippen molar-refractivity contribution in [1.82, 2.24) is 4.98 Å². The smallest absolute Gasteiger partial charge is 0.222 e. The molecule has 2 aromatic rings. The van der Waals surface area contributed by atoms with Crippen LogP contribution in [0.25, 0.3) is 10.1 Å². The summed E-state index contributed by atoms with van der Waals surface area (Å²) in [4.78, 5) is 19.4. The number of aromatic nitrogens is 1. The molecule has 7 rings (SSSR count). The Morgan fingerprint density at radius 2 is 2.00 bits per heavy atom. The molecule has 2 bridgehead atoms. The number of thiophene rings is 1. The Hall–Kier alpha value is -2.06. The molecule has 8 atom stereocenters. The maximum atomic E-state index is 14.8. The summed E-state index contributed by atoms with van der Waals surface area (Å²) in [5.74, 6) is -0.0276. The Morgan fingerprint density at radius 1 is 1.22 bits per heavy atom. The van der Waals surface area contributed by atoms with Crippen LogP contribution in [-0.2, 0) is 14.3 Å². The number of ether oxygens (including phenoxy) is 3. The molecule has 37 heavy (non-hydrogen) atoms. The van der Waals surface area contributed by atoms with Gasteiger partial charge in [-0.1, -0.05) is 32.9 Å². The summed E-state index contributed by atoms with van der Waals surface area (Å²) in [5.41, 5.74) is -0.993. The van der Waals surface area contributed by atoms with E-state index >= 15 is 0 Å². The number of Topliss-reactive ketones (excluding diaryl/α,β-unsaturated/α-hetero) is 1. The van der Waals surface area contributed by atoms with E-state index in [1.807, 2.05) is 44.4 Å². The highest BCUT2D eigenvalue weighted by atomic mass is 32.1. The van der Waals surface area contributed by atoms with E-state index in [1.165, 1.54) is 0 Å². The first-order valence-electron chi connectivity index (χ1n) is 13.4. The van der Waals surface area contributed by atoms with E-state index < -0.39 is 29.0 Å². The molecule has 1 N–H and O–H groups in total. The average Bonchev–Trinajstić information content (AvgIpc) is 3.13. The molecule has 2 saturated carbocycles. The lowest BCUT2D eigenvalue weighted by Gasteiger charge is -2.52. The van der Waals surface area contributed by atoms with Gasteiger partial charge in [0.15, 0.2) is 23.3 Å². The van der Waals surface area contributed by atoms with E-state index in [-0.39, 0.29) is 29.0 Å². The third-order valence-electron chi connectivity index (χ3n) is 10.2. The molecule has 3 fully saturated rings. The van der Waals surface area contributed by atoms with Crippen molar-refractivity contribution < 1.29 is 24.1 Å². The number of aliphatic hydroxyl groups is 1. The van der Waals surface area contributed by atoms with E-state index in [4.69, 9.17) is 14.2 Å². The summed E-state index contributed by atoms with van der Waals surface area (Å²) in [6.45, 7) is 12.7. The molecular formula is C30H35NO5S. The summed E-state index contributed by atoms with van der Waals surface area (Å²) in [6.07, 6.45) is 5.20. The maximum Gasteiger partial charge on any atom is 0.222 e. The fraction of sp³-hybridized carbons (Fsp3) is 0.600. The van der Waals surface area contributed by atoms with Crippen LogP contribution in [0.2, 0.25) is 0 Å². The summed E-state index contributed by atoms with van der Waals surface area (Å²) >= 11 is 1.62. The lowest BCUT2D eigenvalue weighted by molar-refractivity contribution is -0.301. The van der Waals surface area contributed by atoms with Crippen LogP contribution in [0.5, 0.6) is 5.88 Å². The number of carbonyl (C=O) groups is 1. The van der Waals surface area contributed by atoms with Crippen LogP contribution < -0.4 is 4.74 Å². The zero-order valence-corrected chi connectivity index (χ0v) is 23.1. The number of carbonyl (C=O) groups excluding carboxylic acids is 1. The van der Waals surface area contributed by atoms with Gasteiger partial charge in [-0.2, -0.15) is 0 Å². The Morgan fingerprint density at radius 3 is 2.78 bits per heavy atom. The molecule has 3 heterocycles. The minimum Gasteiger partial charge on any atom is -0.466 e. The Kier molecular flexibility index (Phi) is 4.75. The number of hydrogen-bond donors (Lipinski definition) is 1. The van der Waals surface area contributed by atoms with Gasteiger partial charge in [-0.3, -0.25) is 4.79 Å². The molecule has 196 valence electrons. The van der Waals surface area contributed by atoms with Crippen LogP contribution in [0.15, 0.2) is 47.0 Å². The molecule has 7 heteroatoms. The second-order valence-electron chi connectivity index (χ2n) is 12.9.